The number of nitrogens with two attached hydrogens (primary N) is 1. The van der Waals surface area contributed by atoms with Crippen LogP contribution in [0.2, 0.25) is 0 Å². The number of nitrogens with zero attached hydrogens (tertiary/aromatic N) is 2. The molecule has 19 heavy (non-hydrogen) atoms. The molecule has 1 aromatic heterocycles. The number of hydrogen-bond donors (Lipinski definition) is 1. The second-order valence-electron chi connectivity index (χ2n) is 5.80. The zero-order valence-corrected chi connectivity index (χ0v) is 11.9. The number of rotatable bonds is 2. The third-order valence-corrected chi connectivity index (χ3v) is 4.05. The van der Waals surface area contributed by atoms with E-state index >= 15 is 0 Å². The highest BCUT2D eigenvalue weighted by atomic mass is 16.5. The average Bonchev–Trinajstić information content (AvgIpc) is 2.83. The summed E-state index contributed by atoms with van der Waals surface area (Å²) in [6.45, 7) is 6.62. The molecule has 104 valence electrons. The van der Waals surface area contributed by atoms with Crippen molar-refractivity contribution < 1.29 is 4.74 Å². The van der Waals surface area contributed by atoms with Crippen LogP contribution in [-0.2, 0) is 24.1 Å². The molecule has 2 N–H and O–H groups in total. The van der Waals surface area contributed by atoms with E-state index in [0.29, 0.717) is 6.54 Å². The number of ether oxygens (including phenoxy) is 1. The first-order valence-electron chi connectivity index (χ1n) is 7.29. The van der Waals surface area contributed by atoms with E-state index in [-0.39, 0.29) is 12.2 Å². The highest BCUT2D eigenvalue weighted by Gasteiger charge is 2.26. The van der Waals surface area contributed by atoms with Crippen molar-refractivity contribution in [3.63, 3.8) is 0 Å². The van der Waals surface area contributed by atoms with Gasteiger partial charge >= 0.3 is 0 Å². The summed E-state index contributed by atoms with van der Waals surface area (Å²) in [5.41, 5.74) is 9.78. The van der Waals surface area contributed by atoms with Crippen LogP contribution in [-0.4, -0.2) is 30.3 Å². The van der Waals surface area contributed by atoms with Crippen molar-refractivity contribution >= 4 is 5.82 Å². The fraction of sp³-hybridized carbons (Fsp3) is 0.667. The Morgan fingerprint density at radius 1 is 1.32 bits per heavy atom. The van der Waals surface area contributed by atoms with Crippen molar-refractivity contribution in [3.05, 3.63) is 22.9 Å². The first-order chi connectivity index (χ1) is 9.17. The van der Waals surface area contributed by atoms with E-state index in [4.69, 9.17) is 15.5 Å². The Morgan fingerprint density at radius 2 is 2.05 bits per heavy atom. The fourth-order valence-electron chi connectivity index (χ4n) is 3.28. The van der Waals surface area contributed by atoms with Gasteiger partial charge in [0, 0.05) is 30.9 Å². The molecule has 1 aliphatic carbocycles. The van der Waals surface area contributed by atoms with Crippen molar-refractivity contribution in [1.29, 1.82) is 0 Å². The van der Waals surface area contributed by atoms with Crippen molar-refractivity contribution in [2.75, 3.05) is 18.0 Å². The fourth-order valence-corrected chi connectivity index (χ4v) is 3.28. The Morgan fingerprint density at radius 3 is 2.74 bits per heavy atom. The van der Waals surface area contributed by atoms with Crippen LogP contribution in [0.1, 0.15) is 37.1 Å². The highest BCUT2D eigenvalue weighted by Crippen LogP contribution is 2.28. The molecule has 0 radical (unpaired) electrons. The van der Waals surface area contributed by atoms with Crippen molar-refractivity contribution in [3.8, 4) is 0 Å². The number of pyridine rings is 1. The van der Waals surface area contributed by atoms with Gasteiger partial charge in [-0.2, -0.15) is 0 Å². The van der Waals surface area contributed by atoms with Crippen molar-refractivity contribution in [2.45, 2.75) is 51.9 Å². The SMILES string of the molecule is CC1CN(c2nc3c(cc2CN)CCC3)CC(C)O1. The number of aromatic nitrogens is 1. The van der Waals surface area contributed by atoms with Gasteiger partial charge in [0.15, 0.2) is 0 Å². The standard InChI is InChI=1S/C15H23N3O/c1-10-8-18(9-11(2)19-10)15-13(7-16)6-12-4-3-5-14(12)17-15/h6,10-11H,3-5,7-9,16H2,1-2H3. The molecule has 0 saturated carbocycles. The van der Waals surface area contributed by atoms with E-state index in [2.05, 4.69) is 24.8 Å². The predicted molar refractivity (Wildman–Crippen MR) is 76.4 cm³/mol. The number of fused-ring (bicyclic) bond motifs is 1. The van der Waals surface area contributed by atoms with Gasteiger partial charge in [-0.25, -0.2) is 4.98 Å². The maximum absolute atomic E-state index is 5.92. The molecule has 0 spiro atoms. The Bertz CT molecular complexity index is 465. The van der Waals surface area contributed by atoms with Gasteiger partial charge in [-0.1, -0.05) is 0 Å². The molecule has 2 aliphatic rings. The van der Waals surface area contributed by atoms with Gasteiger partial charge in [-0.3, -0.25) is 0 Å². The Balaban J connectivity index is 1.94. The molecule has 0 bridgehead atoms. The summed E-state index contributed by atoms with van der Waals surface area (Å²) in [4.78, 5) is 7.25. The van der Waals surface area contributed by atoms with E-state index in [1.54, 1.807) is 0 Å². The minimum absolute atomic E-state index is 0.254. The third-order valence-electron chi connectivity index (χ3n) is 4.05. The second kappa shape index (κ2) is 5.10. The largest absolute Gasteiger partial charge is 0.372 e. The summed E-state index contributed by atoms with van der Waals surface area (Å²) < 4.78 is 5.80. The first kappa shape index (κ1) is 12.9. The normalized spacial score (nSPS) is 26.6. The lowest BCUT2D eigenvalue weighted by Crippen LogP contribution is -2.46. The maximum atomic E-state index is 5.92. The quantitative estimate of drug-likeness (QED) is 0.879. The molecule has 1 aliphatic heterocycles. The van der Waals surface area contributed by atoms with Gasteiger partial charge in [-0.05, 0) is 44.7 Å². The molecule has 1 saturated heterocycles. The molecule has 2 unspecified atom stereocenters. The molecule has 0 amide bonds. The number of morpholine rings is 1. The van der Waals surface area contributed by atoms with Crippen molar-refractivity contribution in [1.82, 2.24) is 4.98 Å². The van der Waals surface area contributed by atoms with Gasteiger partial charge in [0.2, 0.25) is 0 Å². The zero-order valence-electron chi connectivity index (χ0n) is 11.9. The van der Waals surface area contributed by atoms with Gasteiger partial charge < -0.3 is 15.4 Å². The monoisotopic (exact) mass is 261 g/mol. The maximum Gasteiger partial charge on any atom is 0.133 e. The Labute approximate surface area is 115 Å². The van der Waals surface area contributed by atoms with E-state index in [1.807, 2.05) is 0 Å². The molecule has 2 atom stereocenters. The summed E-state index contributed by atoms with van der Waals surface area (Å²) >= 11 is 0. The van der Waals surface area contributed by atoms with E-state index < -0.39 is 0 Å². The van der Waals surface area contributed by atoms with Crippen LogP contribution >= 0.6 is 0 Å². The van der Waals surface area contributed by atoms with Crippen molar-refractivity contribution in [2.24, 2.45) is 5.73 Å². The molecule has 2 heterocycles. The van der Waals surface area contributed by atoms with Crippen LogP contribution in [0.3, 0.4) is 0 Å². The smallest absolute Gasteiger partial charge is 0.133 e. The first-order valence-corrected chi connectivity index (χ1v) is 7.29. The predicted octanol–water partition coefficient (Wildman–Crippen LogP) is 1.64. The Kier molecular flexibility index (Phi) is 3.46. The summed E-state index contributed by atoms with van der Waals surface area (Å²) in [6.07, 6.45) is 4.01. The molecular weight excluding hydrogens is 238 g/mol. The van der Waals surface area contributed by atoms with Crippen LogP contribution in [0.4, 0.5) is 5.82 Å². The molecule has 4 nitrogen and oxygen atoms in total. The lowest BCUT2D eigenvalue weighted by atomic mass is 10.1. The average molecular weight is 261 g/mol. The van der Waals surface area contributed by atoms with Gasteiger partial charge in [0.05, 0.1) is 12.2 Å². The summed E-state index contributed by atoms with van der Waals surface area (Å²) in [5, 5.41) is 0. The molecule has 0 aromatic carbocycles. The lowest BCUT2D eigenvalue weighted by molar-refractivity contribution is -0.00551. The van der Waals surface area contributed by atoms with Gasteiger partial charge in [0.1, 0.15) is 5.82 Å². The van der Waals surface area contributed by atoms with Crippen LogP contribution in [0.15, 0.2) is 6.07 Å². The van der Waals surface area contributed by atoms with Gasteiger partial charge in [0.25, 0.3) is 0 Å². The Hall–Kier alpha value is -1.13. The minimum Gasteiger partial charge on any atom is -0.372 e. The molecule has 3 rings (SSSR count). The van der Waals surface area contributed by atoms with Crippen LogP contribution in [0.5, 0.6) is 0 Å². The number of hydrogen-bond acceptors (Lipinski definition) is 4. The molecule has 1 fully saturated rings. The third kappa shape index (κ3) is 2.47. The van der Waals surface area contributed by atoms with Crippen LogP contribution in [0.25, 0.3) is 0 Å². The lowest BCUT2D eigenvalue weighted by Gasteiger charge is -2.37. The summed E-state index contributed by atoms with van der Waals surface area (Å²) in [6, 6.07) is 2.27. The highest BCUT2D eigenvalue weighted by molar-refractivity contribution is 5.51. The summed E-state index contributed by atoms with van der Waals surface area (Å²) in [7, 11) is 0. The van der Waals surface area contributed by atoms with E-state index in [0.717, 1.165) is 31.7 Å². The number of aryl methyl sites for hydroxylation is 2. The minimum atomic E-state index is 0.254. The van der Waals surface area contributed by atoms with E-state index in [1.165, 1.54) is 23.2 Å². The topological polar surface area (TPSA) is 51.4 Å². The van der Waals surface area contributed by atoms with Gasteiger partial charge in [-0.15, -0.1) is 0 Å². The molecule has 1 aromatic rings. The summed E-state index contributed by atoms with van der Waals surface area (Å²) in [5.74, 6) is 1.09. The molecular formula is C15H23N3O. The van der Waals surface area contributed by atoms with Crippen LogP contribution in [0, 0.1) is 0 Å². The zero-order chi connectivity index (χ0) is 13.4. The second-order valence-corrected chi connectivity index (χ2v) is 5.80. The van der Waals surface area contributed by atoms with Crippen LogP contribution < -0.4 is 10.6 Å². The van der Waals surface area contributed by atoms with E-state index in [9.17, 15) is 0 Å². The molecule has 4 heteroatoms. The number of anilines is 1.